The monoisotopic (exact) mass is 184 g/mol. The third kappa shape index (κ3) is 1.99. The van der Waals surface area contributed by atoms with Gasteiger partial charge in [0.1, 0.15) is 0 Å². The van der Waals surface area contributed by atoms with Crippen LogP contribution in [-0.2, 0) is 0 Å². The largest absolute Gasteiger partial charge is 0.311 e. The Kier molecular flexibility index (Phi) is 4.61. The summed E-state index contributed by atoms with van der Waals surface area (Å²) in [6.07, 6.45) is 1.38. The van der Waals surface area contributed by atoms with Crippen LogP contribution in [-0.4, -0.2) is 37.1 Å². The Balaban J connectivity index is 0.000000405. The number of halogens is 2. The average molecular weight is 185 g/mol. The van der Waals surface area contributed by atoms with Crippen LogP contribution in [0, 0.1) is 0 Å². The molecule has 1 N–H and O–H groups in total. The molecule has 0 spiro atoms. The van der Waals surface area contributed by atoms with Gasteiger partial charge < -0.3 is 10.2 Å². The van der Waals surface area contributed by atoms with E-state index in [2.05, 4.69) is 10.2 Å². The molecule has 0 aromatic carbocycles. The van der Waals surface area contributed by atoms with Crippen LogP contribution < -0.4 is 5.32 Å². The molecule has 2 aliphatic rings. The number of hydrogen-bond acceptors (Lipinski definition) is 2. The van der Waals surface area contributed by atoms with Gasteiger partial charge in [-0.05, 0) is 13.0 Å². The molecule has 2 atom stereocenters. The number of piperazine rings is 1. The van der Waals surface area contributed by atoms with E-state index < -0.39 is 0 Å². The summed E-state index contributed by atoms with van der Waals surface area (Å²) in [6.45, 7) is 5.12. The number of fused-ring (bicyclic) bond motifs is 2. The van der Waals surface area contributed by atoms with Crippen LogP contribution in [0.1, 0.15) is 6.42 Å². The highest BCUT2D eigenvalue weighted by molar-refractivity contribution is 5.85. The molecule has 0 saturated carbocycles. The quantitative estimate of drug-likeness (QED) is 0.591. The Bertz CT molecular complexity index is 85.7. The first-order valence-electron chi connectivity index (χ1n) is 3.41. The summed E-state index contributed by atoms with van der Waals surface area (Å²) in [5.74, 6) is 0. The predicted molar refractivity (Wildman–Crippen MR) is 47.3 cm³/mol. The number of rotatable bonds is 0. The molecule has 2 fully saturated rings. The van der Waals surface area contributed by atoms with Gasteiger partial charge in [-0.25, -0.2) is 0 Å². The van der Waals surface area contributed by atoms with E-state index in [1.54, 1.807) is 0 Å². The van der Waals surface area contributed by atoms with Crippen LogP contribution in [0.15, 0.2) is 0 Å². The average Bonchev–Trinajstić information content (AvgIpc) is 2.12. The van der Waals surface area contributed by atoms with Gasteiger partial charge in [0, 0.05) is 25.7 Å². The lowest BCUT2D eigenvalue weighted by atomic mass is 10.2. The van der Waals surface area contributed by atoms with Gasteiger partial charge in [-0.3, -0.25) is 0 Å². The molecule has 0 aliphatic carbocycles. The number of hydrogen-bond donors (Lipinski definition) is 1. The molecule has 2 bridgehead atoms. The van der Waals surface area contributed by atoms with Gasteiger partial charge in [-0.2, -0.15) is 0 Å². The molecule has 10 heavy (non-hydrogen) atoms. The van der Waals surface area contributed by atoms with E-state index in [-0.39, 0.29) is 24.8 Å². The van der Waals surface area contributed by atoms with Crippen molar-refractivity contribution >= 4 is 24.8 Å². The molecule has 62 valence electrons. The molecule has 4 heteroatoms. The van der Waals surface area contributed by atoms with E-state index in [0.717, 1.165) is 6.04 Å². The summed E-state index contributed by atoms with van der Waals surface area (Å²) in [5.41, 5.74) is 0. The second-order valence-corrected chi connectivity index (χ2v) is 2.74. The zero-order valence-electron chi connectivity index (χ0n) is 5.88. The first-order chi connectivity index (χ1) is 3.95. The van der Waals surface area contributed by atoms with Crippen LogP contribution in [0.3, 0.4) is 0 Å². The van der Waals surface area contributed by atoms with Crippen molar-refractivity contribution in [2.75, 3.05) is 26.2 Å². The molecule has 0 aromatic heterocycles. The van der Waals surface area contributed by atoms with Gasteiger partial charge in [0.15, 0.2) is 0 Å². The second-order valence-electron chi connectivity index (χ2n) is 2.74. The Morgan fingerprint density at radius 2 is 2.00 bits per heavy atom. The molecular weight excluding hydrogens is 171 g/mol. The number of nitrogens with zero attached hydrogens (tertiary/aromatic N) is 1. The summed E-state index contributed by atoms with van der Waals surface area (Å²) in [7, 11) is 0. The maximum Gasteiger partial charge on any atom is 0.0207 e. The summed E-state index contributed by atoms with van der Waals surface area (Å²) < 4.78 is 0. The van der Waals surface area contributed by atoms with Crippen LogP contribution in [0.4, 0.5) is 0 Å². The minimum absolute atomic E-state index is 0. The fourth-order valence-electron chi connectivity index (χ4n) is 1.63. The molecular formula is C6H14Cl2N2. The zero-order valence-corrected chi connectivity index (χ0v) is 7.51. The smallest absolute Gasteiger partial charge is 0.0207 e. The Morgan fingerprint density at radius 1 is 1.20 bits per heavy atom. The fraction of sp³-hybridized carbons (Fsp3) is 1.00. The molecule has 0 aromatic rings. The highest BCUT2D eigenvalue weighted by atomic mass is 35.5. The van der Waals surface area contributed by atoms with E-state index in [1.807, 2.05) is 0 Å². The van der Waals surface area contributed by atoms with Crippen LogP contribution in [0.5, 0.6) is 0 Å². The van der Waals surface area contributed by atoms with Crippen LogP contribution >= 0.6 is 24.8 Å². The molecule has 2 heterocycles. The minimum Gasteiger partial charge on any atom is -0.311 e. The third-order valence-electron chi connectivity index (χ3n) is 2.13. The lowest BCUT2D eigenvalue weighted by Crippen LogP contribution is -2.42. The lowest BCUT2D eigenvalue weighted by molar-refractivity contribution is 0.289. The summed E-state index contributed by atoms with van der Waals surface area (Å²) in [5, 5.41) is 3.47. The van der Waals surface area contributed by atoms with Crippen molar-refractivity contribution in [3.05, 3.63) is 0 Å². The predicted octanol–water partition coefficient (Wildman–Crippen LogP) is 0.507. The Morgan fingerprint density at radius 3 is 2.60 bits per heavy atom. The van der Waals surface area contributed by atoms with E-state index in [1.165, 1.54) is 32.6 Å². The van der Waals surface area contributed by atoms with Crippen molar-refractivity contribution < 1.29 is 0 Å². The molecule has 0 radical (unpaired) electrons. The summed E-state index contributed by atoms with van der Waals surface area (Å²) >= 11 is 0. The summed E-state index contributed by atoms with van der Waals surface area (Å²) in [4.78, 5) is 2.53. The zero-order chi connectivity index (χ0) is 5.40. The van der Waals surface area contributed by atoms with Crippen LogP contribution in [0.25, 0.3) is 0 Å². The fourth-order valence-corrected chi connectivity index (χ4v) is 1.63. The van der Waals surface area contributed by atoms with Gasteiger partial charge in [0.25, 0.3) is 0 Å². The third-order valence-corrected chi connectivity index (χ3v) is 2.13. The van der Waals surface area contributed by atoms with Crippen molar-refractivity contribution in [1.82, 2.24) is 10.2 Å². The SMILES string of the molecule is C1CN2CC[C@H](C2)N1.Cl.Cl. The maximum atomic E-state index is 3.47. The molecule has 2 rings (SSSR count). The molecule has 0 amide bonds. The van der Waals surface area contributed by atoms with Gasteiger partial charge in [0.05, 0.1) is 0 Å². The van der Waals surface area contributed by atoms with Gasteiger partial charge >= 0.3 is 0 Å². The maximum absolute atomic E-state index is 3.47. The minimum atomic E-state index is 0. The molecule has 2 nitrogen and oxygen atoms in total. The van der Waals surface area contributed by atoms with E-state index >= 15 is 0 Å². The number of nitrogens with one attached hydrogen (secondary N) is 1. The van der Waals surface area contributed by atoms with Crippen molar-refractivity contribution in [1.29, 1.82) is 0 Å². The highest BCUT2D eigenvalue weighted by Gasteiger charge is 2.24. The molecule has 2 saturated heterocycles. The van der Waals surface area contributed by atoms with Gasteiger partial charge in [0.2, 0.25) is 0 Å². The molecule has 1 unspecified atom stereocenters. The standard InChI is InChI=1S/C6H12N2.2ClH/c1-3-8-4-2-7-6(1)5-8;;/h6-7H,1-5H2;2*1H/t6-;;/m1../s1. The first-order valence-corrected chi connectivity index (χ1v) is 3.41. The van der Waals surface area contributed by atoms with Crippen molar-refractivity contribution in [2.45, 2.75) is 12.5 Å². The van der Waals surface area contributed by atoms with E-state index in [0.29, 0.717) is 0 Å². The highest BCUT2D eigenvalue weighted by Crippen LogP contribution is 2.10. The van der Waals surface area contributed by atoms with Crippen molar-refractivity contribution in [3.63, 3.8) is 0 Å². The van der Waals surface area contributed by atoms with Crippen molar-refractivity contribution in [3.8, 4) is 0 Å². The summed E-state index contributed by atoms with van der Waals surface area (Å²) in [6, 6.07) is 0.837. The normalized spacial score (nSPS) is 36.0. The second kappa shape index (κ2) is 4.39. The van der Waals surface area contributed by atoms with E-state index in [4.69, 9.17) is 0 Å². The van der Waals surface area contributed by atoms with Gasteiger partial charge in [-0.15, -0.1) is 24.8 Å². The first kappa shape index (κ1) is 10.5. The Hall–Kier alpha value is 0.500. The van der Waals surface area contributed by atoms with Crippen molar-refractivity contribution in [2.24, 2.45) is 0 Å². The topological polar surface area (TPSA) is 15.3 Å². The van der Waals surface area contributed by atoms with Gasteiger partial charge in [-0.1, -0.05) is 0 Å². The Labute approximate surface area is 74.2 Å². The molecule has 2 aliphatic heterocycles. The van der Waals surface area contributed by atoms with E-state index in [9.17, 15) is 0 Å². The lowest BCUT2D eigenvalue weighted by Gasteiger charge is -2.22. The van der Waals surface area contributed by atoms with Crippen LogP contribution in [0.2, 0.25) is 0 Å².